The molecule has 0 amide bonds. The van der Waals surface area contributed by atoms with Gasteiger partial charge in [0.05, 0.1) is 0 Å². The van der Waals surface area contributed by atoms with Gasteiger partial charge in [-0.3, -0.25) is 0 Å². The van der Waals surface area contributed by atoms with Gasteiger partial charge in [-0.2, -0.15) is 0 Å². The zero-order chi connectivity index (χ0) is 12.5. The topological polar surface area (TPSA) is 46.5 Å². The number of aliphatic carboxylic acids is 1. The predicted molar refractivity (Wildman–Crippen MR) is 68.1 cm³/mol. The Labute approximate surface area is 104 Å². The molecule has 3 nitrogen and oxygen atoms in total. The van der Waals surface area contributed by atoms with E-state index in [0.717, 1.165) is 11.1 Å². The fraction of sp³-hybridized carbons (Fsp3) is 0. The Hall–Kier alpha value is -2.55. The number of carboxylic acids is 1. The summed E-state index contributed by atoms with van der Waals surface area (Å²) < 4.78 is 5.46. The van der Waals surface area contributed by atoms with Crippen molar-refractivity contribution in [3.05, 3.63) is 60.4 Å². The number of hydrogen-bond acceptors (Lipinski definition) is 2. The maximum atomic E-state index is 11.3. The second-order valence-electron chi connectivity index (χ2n) is 4.00. The van der Waals surface area contributed by atoms with Crippen molar-refractivity contribution in [2.24, 2.45) is 0 Å². The molecule has 0 saturated heterocycles. The minimum Gasteiger partial charge on any atom is -0.478 e. The monoisotopic (exact) mass is 238 g/mol. The molecule has 3 heteroatoms. The summed E-state index contributed by atoms with van der Waals surface area (Å²) in [6.45, 7) is 0. The third-order valence-corrected chi connectivity index (χ3v) is 2.93. The Kier molecular flexibility index (Phi) is 2.38. The number of carbonyl (C=O) groups is 1. The van der Waals surface area contributed by atoms with E-state index in [-0.39, 0.29) is 5.57 Å². The van der Waals surface area contributed by atoms with Crippen LogP contribution in [-0.4, -0.2) is 11.1 Å². The molecule has 0 radical (unpaired) electrons. The van der Waals surface area contributed by atoms with Gasteiger partial charge in [-0.1, -0.05) is 42.5 Å². The van der Waals surface area contributed by atoms with Gasteiger partial charge in [-0.05, 0) is 11.6 Å². The van der Waals surface area contributed by atoms with Gasteiger partial charge < -0.3 is 9.84 Å². The van der Waals surface area contributed by atoms with E-state index < -0.39 is 5.97 Å². The Morgan fingerprint density at radius 3 is 2.22 bits per heavy atom. The van der Waals surface area contributed by atoms with E-state index in [9.17, 15) is 9.90 Å². The van der Waals surface area contributed by atoms with Gasteiger partial charge in [0.2, 0.25) is 0 Å². The van der Waals surface area contributed by atoms with Crippen molar-refractivity contribution in [2.45, 2.75) is 0 Å². The fourth-order valence-electron chi connectivity index (χ4n) is 2.10. The molecule has 1 aliphatic heterocycles. The zero-order valence-electron chi connectivity index (χ0n) is 9.46. The Morgan fingerprint density at radius 2 is 1.50 bits per heavy atom. The molecule has 18 heavy (non-hydrogen) atoms. The second kappa shape index (κ2) is 4.04. The van der Waals surface area contributed by atoms with E-state index in [1.165, 1.54) is 6.26 Å². The van der Waals surface area contributed by atoms with Gasteiger partial charge in [-0.25, -0.2) is 4.79 Å². The van der Waals surface area contributed by atoms with Crippen LogP contribution < -0.4 is 4.74 Å². The molecule has 1 N–H and O–H groups in total. The summed E-state index contributed by atoms with van der Waals surface area (Å²) in [5.41, 5.74) is 2.62. The van der Waals surface area contributed by atoms with Crippen molar-refractivity contribution >= 4 is 11.5 Å². The van der Waals surface area contributed by atoms with E-state index in [0.29, 0.717) is 11.3 Å². The van der Waals surface area contributed by atoms with Gasteiger partial charge in [0.15, 0.2) is 0 Å². The van der Waals surface area contributed by atoms with E-state index >= 15 is 0 Å². The average Bonchev–Trinajstić information content (AvgIpc) is 2.56. The highest BCUT2D eigenvalue weighted by Gasteiger charge is 2.20. The highest BCUT2D eigenvalue weighted by molar-refractivity contribution is 6.17. The highest BCUT2D eigenvalue weighted by Crippen LogP contribution is 2.38. The van der Waals surface area contributed by atoms with E-state index in [2.05, 4.69) is 0 Å². The average molecular weight is 238 g/mol. The molecule has 0 spiro atoms. The van der Waals surface area contributed by atoms with Crippen LogP contribution in [-0.2, 0) is 4.79 Å². The molecule has 1 heterocycles. The van der Waals surface area contributed by atoms with Gasteiger partial charge in [0, 0.05) is 11.1 Å². The Bertz CT molecular complexity index is 656. The number of rotatable bonds is 1. The minimum absolute atomic E-state index is 0.168. The first-order valence-corrected chi connectivity index (χ1v) is 5.56. The SMILES string of the molecule is O=C(O)C1=COc2ccccc2-c2ccccc21. The third kappa shape index (κ3) is 1.57. The summed E-state index contributed by atoms with van der Waals surface area (Å²) in [4.78, 5) is 11.3. The van der Waals surface area contributed by atoms with Crippen molar-refractivity contribution in [1.82, 2.24) is 0 Å². The molecule has 0 atom stereocenters. The van der Waals surface area contributed by atoms with Crippen molar-refractivity contribution in [2.75, 3.05) is 0 Å². The molecule has 0 aliphatic carbocycles. The molecule has 1 aliphatic rings. The van der Waals surface area contributed by atoms with Crippen LogP contribution in [0, 0.1) is 0 Å². The largest absolute Gasteiger partial charge is 0.478 e. The van der Waals surface area contributed by atoms with Gasteiger partial charge in [-0.15, -0.1) is 0 Å². The standard InChI is InChI=1S/C15H10O3/c16-15(17)13-9-18-14-8-4-3-7-12(14)10-5-1-2-6-11(10)13/h1-9H,(H,16,17). The second-order valence-corrected chi connectivity index (χ2v) is 4.00. The number of ether oxygens (including phenoxy) is 1. The van der Waals surface area contributed by atoms with Gasteiger partial charge in [0.25, 0.3) is 0 Å². The lowest BCUT2D eigenvalue weighted by atomic mass is 9.95. The molecular formula is C15H10O3. The molecule has 3 rings (SSSR count). The molecule has 0 fully saturated rings. The van der Waals surface area contributed by atoms with Crippen molar-refractivity contribution in [3.8, 4) is 16.9 Å². The first kappa shape index (κ1) is 10.6. The number of hydrogen-bond donors (Lipinski definition) is 1. The van der Waals surface area contributed by atoms with Crippen LogP contribution in [0.2, 0.25) is 0 Å². The van der Waals surface area contributed by atoms with Gasteiger partial charge >= 0.3 is 5.97 Å². The first-order chi connectivity index (χ1) is 8.77. The van der Waals surface area contributed by atoms with E-state index in [4.69, 9.17) is 4.74 Å². The normalized spacial score (nSPS) is 12.6. The molecule has 88 valence electrons. The molecule has 0 bridgehead atoms. The maximum absolute atomic E-state index is 11.3. The number of para-hydroxylation sites is 1. The van der Waals surface area contributed by atoms with E-state index in [1.807, 2.05) is 42.5 Å². The highest BCUT2D eigenvalue weighted by atomic mass is 16.5. The lowest BCUT2D eigenvalue weighted by molar-refractivity contribution is -0.130. The maximum Gasteiger partial charge on any atom is 0.339 e. The quantitative estimate of drug-likeness (QED) is 0.830. The smallest absolute Gasteiger partial charge is 0.339 e. The van der Waals surface area contributed by atoms with Crippen LogP contribution in [0.3, 0.4) is 0 Å². The molecule has 2 aromatic rings. The van der Waals surface area contributed by atoms with Crippen molar-refractivity contribution in [3.63, 3.8) is 0 Å². The number of fused-ring (bicyclic) bond motifs is 3. The van der Waals surface area contributed by atoms with Gasteiger partial charge in [0.1, 0.15) is 17.6 Å². The molecular weight excluding hydrogens is 228 g/mol. The summed E-state index contributed by atoms with van der Waals surface area (Å²) in [6, 6.07) is 14.9. The lowest BCUT2D eigenvalue weighted by Gasteiger charge is -2.08. The lowest BCUT2D eigenvalue weighted by Crippen LogP contribution is -2.01. The van der Waals surface area contributed by atoms with Crippen molar-refractivity contribution in [1.29, 1.82) is 0 Å². The first-order valence-electron chi connectivity index (χ1n) is 5.56. The molecule has 2 aromatic carbocycles. The van der Waals surface area contributed by atoms with Crippen molar-refractivity contribution < 1.29 is 14.6 Å². The Balaban J connectivity index is 2.32. The Morgan fingerprint density at radius 1 is 0.889 bits per heavy atom. The van der Waals surface area contributed by atoms with Crippen LogP contribution >= 0.6 is 0 Å². The number of benzene rings is 2. The van der Waals surface area contributed by atoms with Crippen LogP contribution in [0.15, 0.2) is 54.8 Å². The zero-order valence-corrected chi connectivity index (χ0v) is 9.46. The molecule has 0 saturated carbocycles. The predicted octanol–water partition coefficient (Wildman–Crippen LogP) is 3.17. The van der Waals surface area contributed by atoms with Crippen LogP contribution in [0.25, 0.3) is 16.7 Å². The van der Waals surface area contributed by atoms with Crippen LogP contribution in [0.5, 0.6) is 5.75 Å². The molecule has 0 unspecified atom stereocenters. The molecule has 0 aromatic heterocycles. The fourth-order valence-corrected chi connectivity index (χ4v) is 2.10. The van der Waals surface area contributed by atoms with Crippen LogP contribution in [0.1, 0.15) is 5.56 Å². The third-order valence-electron chi connectivity index (χ3n) is 2.93. The summed E-state index contributed by atoms with van der Waals surface area (Å²) in [5, 5.41) is 9.24. The minimum atomic E-state index is -0.991. The number of carboxylic acid groups (broad SMARTS) is 1. The summed E-state index contributed by atoms with van der Waals surface area (Å²) in [5.74, 6) is -0.323. The summed E-state index contributed by atoms with van der Waals surface area (Å²) >= 11 is 0. The summed E-state index contributed by atoms with van der Waals surface area (Å²) in [6.07, 6.45) is 1.30. The van der Waals surface area contributed by atoms with E-state index in [1.54, 1.807) is 6.07 Å². The summed E-state index contributed by atoms with van der Waals surface area (Å²) in [7, 11) is 0. The van der Waals surface area contributed by atoms with Crippen LogP contribution in [0.4, 0.5) is 0 Å².